The highest BCUT2D eigenvalue weighted by Crippen LogP contribution is 2.40. The zero-order valence-corrected chi connectivity index (χ0v) is 13.1. The molecule has 0 amide bonds. The monoisotopic (exact) mass is 365 g/mol. The first-order chi connectivity index (χ1) is 10.6. The van der Waals surface area contributed by atoms with Crippen LogP contribution in [0, 0.1) is 5.82 Å². The number of nitrogens with zero attached hydrogens (tertiary/aromatic N) is 2. The molecule has 1 fully saturated rings. The summed E-state index contributed by atoms with van der Waals surface area (Å²) in [4.78, 5) is 4.46. The number of ether oxygens (including phenoxy) is 1. The number of fused-ring (bicyclic) bond motifs is 2. The van der Waals surface area contributed by atoms with Crippen LogP contribution in [0.25, 0.3) is 21.8 Å². The van der Waals surface area contributed by atoms with Crippen molar-refractivity contribution >= 4 is 43.4 Å². The predicted octanol–water partition coefficient (Wildman–Crippen LogP) is 3.34. The second-order valence-electron chi connectivity index (χ2n) is 5.42. The minimum absolute atomic E-state index is 0.0666. The van der Waals surface area contributed by atoms with Crippen LogP contribution in [-0.4, -0.2) is 27.9 Å². The van der Waals surface area contributed by atoms with Crippen molar-refractivity contribution in [1.82, 2.24) is 9.55 Å². The molecule has 2 aromatic heterocycles. The Labute approximate surface area is 133 Å². The van der Waals surface area contributed by atoms with Gasteiger partial charge in [-0.2, -0.15) is 0 Å². The molecule has 0 saturated carbocycles. The third kappa shape index (κ3) is 1.82. The number of hydrogen-bond donors (Lipinski definition) is 2. The quantitative estimate of drug-likeness (QED) is 0.693. The van der Waals surface area contributed by atoms with Gasteiger partial charge in [0.25, 0.3) is 0 Å². The van der Waals surface area contributed by atoms with Crippen LogP contribution in [0.5, 0.6) is 5.88 Å². The maximum absolute atomic E-state index is 13.7. The van der Waals surface area contributed by atoms with Gasteiger partial charge in [0.15, 0.2) is 0 Å². The van der Waals surface area contributed by atoms with Crippen LogP contribution in [-0.2, 0) is 4.74 Å². The van der Waals surface area contributed by atoms with Gasteiger partial charge in [-0.25, -0.2) is 9.37 Å². The molecular formula is C15H13BrFN3O2. The Balaban J connectivity index is 2.06. The van der Waals surface area contributed by atoms with E-state index in [1.807, 2.05) is 0 Å². The van der Waals surface area contributed by atoms with Crippen molar-refractivity contribution in [2.75, 3.05) is 18.9 Å². The summed E-state index contributed by atoms with van der Waals surface area (Å²) in [5, 5.41) is 11.6. The van der Waals surface area contributed by atoms with Crippen LogP contribution in [0.2, 0.25) is 0 Å². The van der Waals surface area contributed by atoms with E-state index < -0.39 is 5.82 Å². The van der Waals surface area contributed by atoms with Crippen molar-refractivity contribution in [2.24, 2.45) is 0 Å². The molecule has 4 rings (SSSR count). The van der Waals surface area contributed by atoms with Crippen molar-refractivity contribution in [3.05, 3.63) is 28.6 Å². The molecule has 7 heteroatoms. The number of halogens is 2. The van der Waals surface area contributed by atoms with Gasteiger partial charge in [0.2, 0.25) is 5.88 Å². The van der Waals surface area contributed by atoms with Crippen molar-refractivity contribution in [3.8, 4) is 5.88 Å². The standard InChI is InChI=1S/C15H13BrFN3O2/c16-12-9(17)2-1-8-13(18)11-10(19-14(8)12)5-20(15(11)21)7-3-4-22-6-7/h1-2,5,7,21H,3-4,6,18H2/t7-/m0/s1. The largest absolute Gasteiger partial charge is 0.494 e. The summed E-state index contributed by atoms with van der Waals surface area (Å²) in [7, 11) is 0. The first kappa shape index (κ1) is 13.8. The lowest BCUT2D eigenvalue weighted by atomic mass is 10.1. The van der Waals surface area contributed by atoms with Crippen LogP contribution >= 0.6 is 15.9 Å². The molecule has 0 aliphatic carbocycles. The number of rotatable bonds is 1. The number of nitrogens with two attached hydrogens (primary N) is 1. The molecule has 1 atom stereocenters. The van der Waals surface area contributed by atoms with Crippen LogP contribution in [0.15, 0.2) is 22.8 Å². The summed E-state index contributed by atoms with van der Waals surface area (Å²) >= 11 is 3.21. The Kier molecular flexibility index (Phi) is 3.02. The van der Waals surface area contributed by atoms with Crippen LogP contribution in [0.4, 0.5) is 10.1 Å². The first-order valence-corrected chi connectivity index (χ1v) is 7.71. The predicted molar refractivity (Wildman–Crippen MR) is 85.4 cm³/mol. The second-order valence-corrected chi connectivity index (χ2v) is 6.21. The molecule has 3 aromatic rings. The number of pyridine rings is 1. The average Bonchev–Trinajstić information content (AvgIpc) is 3.12. The van der Waals surface area contributed by atoms with Gasteiger partial charge in [-0.15, -0.1) is 0 Å². The van der Waals surface area contributed by atoms with E-state index in [0.717, 1.165) is 6.42 Å². The number of aromatic hydroxyl groups is 1. The molecule has 0 spiro atoms. The van der Waals surface area contributed by atoms with Crippen molar-refractivity contribution in [2.45, 2.75) is 12.5 Å². The zero-order chi connectivity index (χ0) is 15.4. The van der Waals surface area contributed by atoms with E-state index in [1.54, 1.807) is 16.8 Å². The van der Waals surface area contributed by atoms with Gasteiger partial charge >= 0.3 is 0 Å². The zero-order valence-electron chi connectivity index (χ0n) is 11.5. The van der Waals surface area contributed by atoms with E-state index in [0.29, 0.717) is 40.7 Å². The lowest BCUT2D eigenvalue weighted by Crippen LogP contribution is -2.06. The molecule has 0 unspecified atom stereocenters. The number of hydrogen-bond acceptors (Lipinski definition) is 4. The molecule has 114 valence electrons. The van der Waals surface area contributed by atoms with Crippen LogP contribution in [0.3, 0.4) is 0 Å². The molecule has 3 N–H and O–H groups in total. The minimum atomic E-state index is -0.397. The maximum atomic E-state index is 13.7. The number of nitrogen functional groups attached to an aromatic ring is 1. The van der Waals surface area contributed by atoms with E-state index in [-0.39, 0.29) is 16.4 Å². The normalized spacial score (nSPS) is 18.5. The van der Waals surface area contributed by atoms with Crippen molar-refractivity contribution in [1.29, 1.82) is 0 Å². The fourth-order valence-electron chi connectivity index (χ4n) is 2.99. The lowest BCUT2D eigenvalue weighted by Gasteiger charge is -2.11. The average molecular weight is 366 g/mol. The summed E-state index contributed by atoms with van der Waals surface area (Å²) in [6.07, 6.45) is 2.57. The minimum Gasteiger partial charge on any atom is -0.494 e. The molecular weight excluding hydrogens is 353 g/mol. The van der Waals surface area contributed by atoms with Gasteiger partial charge in [0.1, 0.15) is 5.82 Å². The molecule has 0 bridgehead atoms. The van der Waals surface area contributed by atoms with Gasteiger partial charge in [-0.3, -0.25) is 0 Å². The molecule has 0 radical (unpaired) electrons. The molecule has 1 aromatic carbocycles. The van der Waals surface area contributed by atoms with Gasteiger partial charge < -0.3 is 20.1 Å². The second kappa shape index (κ2) is 4.82. The van der Waals surface area contributed by atoms with Gasteiger partial charge in [-0.1, -0.05) is 0 Å². The molecule has 1 aliphatic heterocycles. The van der Waals surface area contributed by atoms with Gasteiger partial charge in [0, 0.05) is 18.2 Å². The maximum Gasteiger partial charge on any atom is 0.203 e. The van der Waals surface area contributed by atoms with Gasteiger partial charge in [-0.05, 0) is 34.5 Å². The lowest BCUT2D eigenvalue weighted by molar-refractivity contribution is 0.185. The van der Waals surface area contributed by atoms with Crippen LogP contribution in [0.1, 0.15) is 12.5 Å². The number of benzene rings is 1. The summed E-state index contributed by atoms with van der Waals surface area (Å²) in [5.74, 6) is -0.315. The first-order valence-electron chi connectivity index (χ1n) is 6.92. The number of anilines is 1. The molecule has 22 heavy (non-hydrogen) atoms. The highest BCUT2D eigenvalue weighted by molar-refractivity contribution is 9.10. The van der Waals surface area contributed by atoms with Crippen LogP contribution < -0.4 is 5.73 Å². The Hall–Kier alpha value is -1.86. The van der Waals surface area contributed by atoms with E-state index >= 15 is 0 Å². The summed E-state index contributed by atoms with van der Waals surface area (Å²) in [6, 6.07) is 2.97. The number of aromatic nitrogens is 2. The third-order valence-electron chi connectivity index (χ3n) is 4.15. The molecule has 1 saturated heterocycles. The van der Waals surface area contributed by atoms with E-state index in [2.05, 4.69) is 20.9 Å². The summed E-state index contributed by atoms with van der Waals surface area (Å²) in [5.41, 5.74) is 7.59. The fourth-order valence-corrected chi connectivity index (χ4v) is 3.42. The Bertz CT molecular complexity index is 903. The van der Waals surface area contributed by atoms with E-state index in [1.165, 1.54) is 6.07 Å². The Morgan fingerprint density at radius 3 is 3.00 bits per heavy atom. The fraction of sp³-hybridized carbons (Fsp3) is 0.267. The third-order valence-corrected chi connectivity index (χ3v) is 4.90. The summed E-state index contributed by atoms with van der Waals surface area (Å²) < 4.78 is 21.1. The highest BCUT2D eigenvalue weighted by Gasteiger charge is 2.24. The van der Waals surface area contributed by atoms with E-state index in [4.69, 9.17) is 10.5 Å². The molecule has 1 aliphatic rings. The van der Waals surface area contributed by atoms with Gasteiger partial charge in [0.05, 0.1) is 39.2 Å². The topological polar surface area (TPSA) is 73.3 Å². The van der Waals surface area contributed by atoms with Crippen molar-refractivity contribution in [3.63, 3.8) is 0 Å². The summed E-state index contributed by atoms with van der Waals surface area (Å²) in [6.45, 7) is 1.21. The Morgan fingerprint density at radius 1 is 1.45 bits per heavy atom. The smallest absolute Gasteiger partial charge is 0.203 e. The molecule has 5 nitrogen and oxygen atoms in total. The van der Waals surface area contributed by atoms with Crippen molar-refractivity contribution < 1.29 is 14.2 Å². The molecule has 3 heterocycles. The SMILES string of the molecule is Nc1c2ccc(F)c(Br)c2nc2cn([C@H]3CCOC3)c(O)c12. The van der Waals surface area contributed by atoms with E-state index in [9.17, 15) is 9.50 Å². The Morgan fingerprint density at radius 2 is 2.27 bits per heavy atom. The highest BCUT2D eigenvalue weighted by atomic mass is 79.9.